The van der Waals surface area contributed by atoms with Gasteiger partial charge in [-0.1, -0.05) is 27.2 Å². The van der Waals surface area contributed by atoms with Gasteiger partial charge in [0.1, 0.15) is 16.5 Å². The van der Waals surface area contributed by atoms with Gasteiger partial charge in [-0.2, -0.15) is 9.97 Å². The minimum atomic E-state index is 0.192. The van der Waals surface area contributed by atoms with Gasteiger partial charge in [-0.15, -0.1) is 0 Å². The normalized spacial score (nSPS) is 27.5. The van der Waals surface area contributed by atoms with E-state index in [2.05, 4.69) is 46.7 Å². The molecule has 1 fully saturated rings. The van der Waals surface area contributed by atoms with Gasteiger partial charge in [-0.3, -0.25) is 0 Å². The number of nitrogens with zero attached hydrogens (tertiary/aromatic N) is 2. The summed E-state index contributed by atoms with van der Waals surface area (Å²) in [4.78, 5) is 8.41. The molecule has 0 radical (unpaired) electrons. The van der Waals surface area contributed by atoms with Crippen LogP contribution in [0.3, 0.4) is 0 Å². The third kappa shape index (κ3) is 3.81. The molecule has 5 heteroatoms. The number of nitrogens with two attached hydrogens (primary N) is 1. The Kier molecular flexibility index (Phi) is 4.66. The molecule has 2 N–H and O–H groups in total. The molecule has 0 spiro atoms. The number of ether oxygens (including phenoxy) is 1. The van der Waals surface area contributed by atoms with E-state index in [-0.39, 0.29) is 6.10 Å². The smallest absolute Gasteiger partial charge is 0.319 e. The number of hydrogen-bond donors (Lipinski definition) is 1. The average Bonchev–Trinajstić information content (AvgIpc) is 2.26. The molecular weight excluding hydrogens is 306 g/mol. The first kappa shape index (κ1) is 14.6. The molecular formula is C14H22BrN3O. The Morgan fingerprint density at radius 2 is 2.11 bits per heavy atom. The standard InChI is InChI=1S/C14H22BrN3O/c1-8(2)10-5-4-9(3)6-11(10)19-14-17-12(15)7-13(16)18-14/h7-11H,4-6H2,1-3H3,(H2,16,17,18). The molecule has 1 aliphatic rings. The van der Waals surface area contributed by atoms with Gasteiger partial charge in [0.2, 0.25) is 0 Å². The molecule has 0 saturated heterocycles. The van der Waals surface area contributed by atoms with Crippen molar-refractivity contribution < 1.29 is 4.74 Å². The van der Waals surface area contributed by atoms with E-state index in [0.717, 1.165) is 6.42 Å². The highest BCUT2D eigenvalue weighted by Crippen LogP contribution is 2.35. The number of hydrogen-bond acceptors (Lipinski definition) is 4. The zero-order valence-corrected chi connectivity index (χ0v) is 13.4. The minimum Gasteiger partial charge on any atom is -0.460 e. The minimum absolute atomic E-state index is 0.192. The molecule has 1 saturated carbocycles. The summed E-state index contributed by atoms with van der Waals surface area (Å²) in [6.45, 7) is 6.79. The monoisotopic (exact) mass is 327 g/mol. The molecule has 2 rings (SSSR count). The molecule has 1 aromatic rings. The number of halogens is 1. The molecule has 4 nitrogen and oxygen atoms in total. The fraction of sp³-hybridized carbons (Fsp3) is 0.714. The lowest BCUT2D eigenvalue weighted by Crippen LogP contribution is -2.36. The second-order valence-electron chi connectivity index (χ2n) is 5.88. The molecule has 0 amide bonds. The van der Waals surface area contributed by atoms with E-state index in [9.17, 15) is 0 Å². The number of anilines is 1. The van der Waals surface area contributed by atoms with E-state index >= 15 is 0 Å². The van der Waals surface area contributed by atoms with Gasteiger partial charge in [0.05, 0.1) is 0 Å². The van der Waals surface area contributed by atoms with Crippen LogP contribution in [0, 0.1) is 17.8 Å². The maximum atomic E-state index is 6.03. The molecule has 0 aliphatic heterocycles. The summed E-state index contributed by atoms with van der Waals surface area (Å²) in [5, 5.41) is 0. The van der Waals surface area contributed by atoms with E-state index in [0.29, 0.717) is 34.2 Å². The first-order valence-corrected chi connectivity index (χ1v) is 7.71. The SMILES string of the molecule is CC1CCC(C(C)C)C(Oc2nc(N)cc(Br)n2)C1. The molecule has 0 aromatic carbocycles. The Labute approximate surface area is 123 Å². The molecule has 0 bridgehead atoms. The largest absolute Gasteiger partial charge is 0.460 e. The summed E-state index contributed by atoms with van der Waals surface area (Å²) in [5.41, 5.74) is 5.73. The highest BCUT2D eigenvalue weighted by molar-refractivity contribution is 9.10. The second kappa shape index (κ2) is 6.07. The fourth-order valence-electron chi connectivity index (χ4n) is 2.85. The summed E-state index contributed by atoms with van der Waals surface area (Å²) in [7, 11) is 0. The Morgan fingerprint density at radius 3 is 2.74 bits per heavy atom. The van der Waals surface area contributed by atoms with Crippen molar-refractivity contribution in [2.75, 3.05) is 5.73 Å². The number of rotatable bonds is 3. The summed E-state index contributed by atoms with van der Waals surface area (Å²) >= 11 is 3.32. The van der Waals surface area contributed by atoms with Crippen molar-refractivity contribution in [2.45, 2.75) is 46.1 Å². The van der Waals surface area contributed by atoms with Crippen molar-refractivity contribution in [2.24, 2.45) is 17.8 Å². The van der Waals surface area contributed by atoms with Gasteiger partial charge in [0.25, 0.3) is 0 Å². The Balaban J connectivity index is 2.13. The maximum absolute atomic E-state index is 6.03. The van der Waals surface area contributed by atoms with Gasteiger partial charge in [-0.25, -0.2) is 0 Å². The van der Waals surface area contributed by atoms with Gasteiger partial charge >= 0.3 is 6.01 Å². The third-order valence-electron chi connectivity index (χ3n) is 3.91. The van der Waals surface area contributed by atoms with Crippen LogP contribution < -0.4 is 10.5 Å². The van der Waals surface area contributed by atoms with Crippen LogP contribution in [0.25, 0.3) is 0 Å². The highest BCUT2D eigenvalue weighted by atomic mass is 79.9. The van der Waals surface area contributed by atoms with Gasteiger partial charge in [0.15, 0.2) is 0 Å². The molecule has 106 valence electrons. The van der Waals surface area contributed by atoms with Crippen LogP contribution in [0.5, 0.6) is 6.01 Å². The Morgan fingerprint density at radius 1 is 1.37 bits per heavy atom. The van der Waals surface area contributed by atoms with Crippen molar-refractivity contribution in [3.05, 3.63) is 10.7 Å². The lowest BCUT2D eigenvalue weighted by Gasteiger charge is -2.36. The first-order valence-electron chi connectivity index (χ1n) is 6.92. The lowest BCUT2D eigenvalue weighted by atomic mass is 9.75. The van der Waals surface area contributed by atoms with Crippen LogP contribution in [0.1, 0.15) is 40.0 Å². The van der Waals surface area contributed by atoms with Crippen molar-refractivity contribution in [3.63, 3.8) is 0 Å². The third-order valence-corrected chi connectivity index (χ3v) is 4.32. The van der Waals surface area contributed by atoms with Gasteiger partial charge < -0.3 is 10.5 Å². The number of nitrogen functional groups attached to an aromatic ring is 1. The van der Waals surface area contributed by atoms with E-state index in [1.807, 2.05) is 0 Å². The van der Waals surface area contributed by atoms with Crippen molar-refractivity contribution in [3.8, 4) is 6.01 Å². The fourth-order valence-corrected chi connectivity index (χ4v) is 3.24. The zero-order chi connectivity index (χ0) is 14.0. The van der Waals surface area contributed by atoms with Crippen LogP contribution in [-0.4, -0.2) is 16.1 Å². The van der Waals surface area contributed by atoms with Crippen molar-refractivity contribution in [1.29, 1.82) is 0 Å². The molecule has 3 atom stereocenters. The molecule has 3 unspecified atom stereocenters. The summed E-state index contributed by atoms with van der Waals surface area (Å²) in [6.07, 6.45) is 3.76. The molecule has 1 aliphatic carbocycles. The topological polar surface area (TPSA) is 61.0 Å². The molecule has 1 aromatic heterocycles. The Bertz CT molecular complexity index is 418. The van der Waals surface area contributed by atoms with Crippen LogP contribution in [-0.2, 0) is 0 Å². The summed E-state index contributed by atoms with van der Waals surface area (Å²) < 4.78 is 6.70. The predicted octanol–water partition coefficient (Wildman–Crippen LogP) is 3.66. The van der Waals surface area contributed by atoms with Crippen LogP contribution in [0.2, 0.25) is 0 Å². The van der Waals surface area contributed by atoms with Crippen LogP contribution >= 0.6 is 15.9 Å². The maximum Gasteiger partial charge on any atom is 0.319 e. The zero-order valence-electron chi connectivity index (χ0n) is 11.8. The van der Waals surface area contributed by atoms with Gasteiger partial charge in [-0.05, 0) is 46.5 Å². The van der Waals surface area contributed by atoms with Gasteiger partial charge in [0, 0.05) is 6.07 Å². The molecule has 1 heterocycles. The number of aromatic nitrogens is 2. The van der Waals surface area contributed by atoms with Crippen LogP contribution in [0.15, 0.2) is 10.7 Å². The van der Waals surface area contributed by atoms with E-state index in [4.69, 9.17) is 10.5 Å². The van der Waals surface area contributed by atoms with E-state index < -0.39 is 0 Å². The Hall–Kier alpha value is -0.840. The summed E-state index contributed by atoms with van der Waals surface area (Å²) in [6, 6.07) is 2.06. The van der Waals surface area contributed by atoms with Crippen molar-refractivity contribution in [1.82, 2.24) is 9.97 Å². The lowest BCUT2D eigenvalue weighted by molar-refractivity contribution is 0.0389. The summed E-state index contributed by atoms with van der Waals surface area (Å²) in [5.74, 6) is 2.31. The second-order valence-corrected chi connectivity index (χ2v) is 6.69. The van der Waals surface area contributed by atoms with E-state index in [1.54, 1.807) is 6.07 Å². The van der Waals surface area contributed by atoms with Crippen molar-refractivity contribution >= 4 is 21.7 Å². The average molecular weight is 328 g/mol. The van der Waals surface area contributed by atoms with Crippen LogP contribution in [0.4, 0.5) is 5.82 Å². The quantitative estimate of drug-likeness (QED) is 0.860. The van der Waals surface area contributed by atoms with E-state index in [1.165, 1.54) is 12.8 Å². The molecule has 19 heavy (non-hydrogen) atoms. The predicted molar refractivity (Wildman–Crippen MR) is 79.9 cm³/mol. The first-order chi connectivity index (χ1) is 8.95. The highest BCUT2D eigenvalue weighted by Gasteiger charge is 2.32.